The maximum absolute atomic E-state index is 5.49. The van der Waals surface area contributed by atoms with Gasteiger partial charge in [-0.1, -0.05) is 18.2 Å². The lowest BCUT2D eigenvalue weighted by molar-refractivity contribution is 0.351. The average molecular weight is 489 g/mol. The predicted molar refractivity (Wildman–Crippen MR) is 120 cm³/mol. The van der Waals surface area contributed by atoms with Crippen LogP contribution < -0.4 is 14.8 Å². The minimum absolute atomic E-state index is 0. The molecule has 1 aromatic heterocycles. The molecular formula is C19H28IN3O2S. The molecule has 1 N–H and O–H groups in total. The van der Waals surface area contributed by atoms with Crippen molar-refractivity contribution >= 4 is 41.3 Å². The lowest BCUT2D eigenvalue weighted by Gasteiger charge is -2.22. The lowest BCUT2D eigenvalue weighted by Crippen LogP contribution is -2.39. The van der Waals surface area contributed by atoms with Gasteiger partial charge in [0.25, 0.3) is 0 Å². The fraction of sp³-hybridized carbons (Fsp3) is 0.421. The molecular weight excluding hydrogens is 461 g/mol. The molecule has 1 aromatic carbocycles. The zero-order valence-electron chi connectivity index (χ0n) is 15.8. The first kappa shape index (κ1) is 22.6. The summed E-state index contributed by atoms with van der Waals surface area (Å²) in [5, 5.41) is 5.47. The van der Waals surface area contributed by atoms with Crippen LogP contribution in [0.25, 0.3) is 0 Å². The Hall–Kier alpha value is -1.48. The largest absolute Gasteiger partial charge is 0.493 e. The third-order valence-corrected chi connectivity index (χ3v) is 4.79. The third-order valence-electron chi connectivity index (χ3n) is 3.85. The van der Waals surface area contributed by atoms with Crippen LogP contribution in [0.3, 0.4) is 0 Å². The van der Waals surface area contributed by atoms with E-state index in [1.54, 1.807) is 25.6 Å². The van der Waals surface area contributed by atoms with Gasteiger partial charge in [0.05, 0.1) is 20.8 Å². The van der Waals surface area contributed by atoms with Gasteiger partial charge in [-0.25, -0.2) is 4.99 Å². The molecule has 0 unspecified atom stereocenters. The number of para-hydroxylation sites is 1. The minimum atomic E-state index is 0. The molecule has 2 rings (SSSR count). The second-order valence-corrected chi connectivity index (χ2v) is 6.61. The van der Waals surface area contributed by atoms with Crippen molar-refractivity contribution in [2.24, 2.45) is 4.99 Å². The molecule has 2 aromatic rings. The molecule has 0 aliphatic heterocycles. The summed E-state index contributed by atoms with van der Waals surface area (Å²) >= 11 is 1.79. The fourth-order valence-electron chi connectivity index (χ4n) is 2.55. The highest BCUT2D eigenvalue weighted by Gasteiger charge is 2.11. The second kappa shape index (κ2) is 12.0. The highest BCUT2D eigenvalue weighted by Crippen LogP contribution is 2.31. The Morgan fingerprint density at radius 3 is 2.62 bits per heavy atom. The second-order valence-electron chi connectivity index (χ2n) is 5.57. The van der Waals surface area contributed by atoms with Gasteiger partial charge in [0, 0.05) is 30.6 Å². The summed E-state index contributed by atoms with van der Waals surface area (Å²) in [6, 6.07) is 10.1. The standard InChI is InChI=1S/C19H27N3O2S.HI/c1-5-20-19(22(2)12-11-16-9-7-13-25-16)21-14-15-8-6-10-17(23-3)18(15)24-4;/h6-10,13H,5,11-12,14H2,1-4H3,(H,20,21);1H. The topological polar surface area (TPSA) is 46.1 Å². The SMILES string of the molecule is CCNC(=NCc1cccc(OC)c1OC)N(C)CCc1cccs1.I. The van der Waals surface area contributed by atoms with E-state index in [4.69, 9.17) is 14.5 Å². The van der Waals surface area contributed by atoms with E-state index in [9.17, 15) is 0 Å². The molecule has 144 valence electrons. The first-order chi connectivity index (χ1) is 12.2. The number of nitrogens with zero attached hydrogens (tertiary/aromatic N) is 2. The van der Waals surface area contributed by atoms with Gasteiger partial charge in [0.1, 0.15) is 0 Å². The van der Waals surface area contributed by atoms with Gasteiger partial charge in [-0.2, -0.15) is 0 Å². The average Bonchev–Trinajstić information content (AvgIpc) is 3.16. The number of nitrogens with one attached hydrogen (secondary N) is 1. The number of hydrogen-bond acceptors (Lipinski definition) is 4. The molecule has 1 heterocycles. The van der Waals surface area contributed by atoms with Gasteiger partial charge < -0.3 is 19.7 Å². The Morgan fingerprint density at radius 2 is 2.00 bits per heavy atom. The Morgan fingerprint density at radius 1 is 1.19 bits per heavy atom. The Kier molecular flexibility index (Phi) is 10.4. The van der Waals surface area contributed by atoms with Crippen molar-refractivity contribution in [3.63, 3.8) is 0 Å². The van der Waals surface area contributed by atoms with E-state index < -0.39 is 0 Å². The van der Waals surface area contributed by atoms with Crippen molar-refractivity contribution in [3.05, 3.63) is 46.2 Å². The smallest absolute Gasteiger partial charge is 0.193 e. The van der Waals surface area contributed by atoms with Crippen molar-refractivity contribution in [3.8, 4) is 11.5 Å². The highest BCUT2D eigenvalue weighted by molar-refractivity contribution is 14.0. The molecule has 0 saturated heterocycles. The van der Waals surface area contributed by atoms with E-state index >= 15 is 0 Å². The number of thiophene rings is 1. The molecule has 5 nitrogen and oxygen atoms in total. The molecule has 0 bridgehead atoms. The first-order valence-corrected chi connectivity index (χ1v) is 9.29. The number of methoxy groups -OCH3 is 2. The summed E-state index contributed by atoms with van der Waals surface area (Å²) in [6.45, 7) is 4.36. The number of likely N-dealkylation sites (N-methyl/N-ethyl adjacent to an activating group) is 1. The van der Waals surface area contributed by atoms with Gasteiger partial charge in [0.15, 0.2) is 17.5 Å². The van der Waals surface area contributed by atoms with E-state index in [1.165, 1.54) is 4.88 Å². The molecule has 0 atom stereocenters. The zero-order chi connectivity index (χ0) is 18.1. The molecule has 0 fully saturated rings. The summed E-state index contributed by atoms with van der Waals surface area (Å²) in [7, 11) is 5.37. The maximum Gasteiger partial charge on any atom is 0.193 e. The normalized spacial score (nSPS) is 10.8. The van der Waals surface area contributed by atoms with Gasteiger partial charge in [-0.15, -0.1) is 35.3 Å². The number of benzene rings is 1. The summed E-state index contributed by atoms with van der Waals surface area (Å²) in [5.74, 6) is 2.36. The van der Waals surface area contributed by atoms with Crippen LogP contribution >= 0.6 is 35.3 Å². The maximum atomic E-state index is 5.49. The Labute approximate surface area is 177 Å². The van der Waals surface area contributed by atoms with Crippen LogP contribution in [-0.2, 0) is 13.0 Å². The van der Waals surface area contributed by atoms with Crippen molar-refractivity contribution in [1.82, 2.24) is 10.2 Å². The molecule has 26 heavy (non-hydrogen) atoms. The number of rotatable bonds is 8. The van der Waals surface area contributed by atoms with Crippen molar-refractivity contribution in [2.75, 3.05) is 34.4 Å². The van der Waals surface area contributed by atoms with Gasteiger partial charge in [-0.3, -0.25) is 0 Å². The first-order valence-electron chi connectivity index (χ1n) is 8.41. The van der Waals surface area contributed by atoms with E-state index in [2.05, 4.69) is 41.7 Å². The van der Waals surface area contributed by atoms with Crippen molar-refractivity contribution in [2.45, 2.75) is 19.9 Å². The molecule has 0 aliphatic carbocycles. The van der Waals surface area contributed by atoms with Crippen LogP contribution in [0.2, 0.25) is 0 Å². The molecule has 7 heteroatoms. The van der Waals surface area contributed by atoms with Crippen LogP contribution in [-0.4, -0.2) is 45.2 Å². The van der Waals surface area contributed by atoms with Gasteiger partial charge in [0.2, 0.25) is 0 Å². The molecule has 0 saturated carbocycles. The Balaban J connectivity index is 0.00000338. The van der Waals surface area contributed by atoms with E-state index in [1.807, 2.05) is 18.2 Å². The number of aliphatic imine (C=N–C) groups is 1. The molecule has 0 radical (unpaired) electrons. The number of ether oxygens (including phenoxy) is 2. The van der Waals surface area contributed by atoms with Crippen molar-refractivity contribution < 1.29 is 9.47 Å². The zero-order valence-corrected chi connectivity index (χ0v) is 19.0. The minimum Gasteiger partial charge on any atom is -0.493 e. The fourth-order valence-corrected chi connectivity index (χ4v) is 3.24. The monoisotopic (exact) mass is 489 g/mol. The third kappa shape index (κ3) is 6.35. The summed E-state index contributed by atoms with van der Waals surface area (Å²) < 4.78 is 10.8. The summed E-state index contributed by atoms with van der Waals surface area (Å²) in [5.41, 5.74) is 1.00. The van der Waals surface area contributed by atoms with Crippen LogP contribution in [0.5, 0.6) is 11.5 Å². The molecule has 0 spiro atoms. The van der Waals surface area contributed by atoms with E-state index in [0.29, 0.717) is 6.54 Å². The predicted octanol–water partition coefficient (Wildman–Crippen LogP) is 4.02. The van der Waals surface area contributed by atoms with E-state index in [-0.39, 0.29) is 24.0 Å². The number of halogens is 1. The van der Waals surface area contributed by atoms with Crippen molar-refractivity contribution in [1.29, 1.82) is 0 Å². The van der Waals surface area contributed by atoms with Crippen LogP contribution in [0.15, 0.2) is 40.7 Å². The highest BCUT2D eigenvalue weighted by atomic mass is 127. The van der Waals surface area contributed by atoms with Crippen LogP contribution in [0.1, 0.15) is 17.4 Å². The summed E-state index contributed by atoms with van der Waals surface area (Å²) in [4.78, 5) is 8.32. The Bertz CT molecular complexity index is 677. The lowest BCUT2D eigenvalue weighted by atomic mass is 10.2. The molecule has 0 aliphatic rings. The van der Waals surface area contributed by atoms with Gasteiger partial charge in [-0.05, 0) is 30.9 Å². The quantitative estimate of drug-likeness (QED) is 0.346. The van der Waals surface area contributed by atoms with E-state index in [0.717, 1.165) is 42.5 Å². The summed E-state index contributed by atoms with van der Waals surface area (Å²) in [6.07, 6.45) is 1.01. The van der Waals surface area contributed by atoms with Crippen LogP contribution in [0.4, 0.5) is 0 Å². The van der Waals surface area contributed by atoms with Gasteiger partial charge >= 0.3 is 0 Å². The number of hydrogen-bond donors (Lipinski definition) is 1. The molecule has 0 amide bonds. The van der Waals surface area contributed by atoms with Crippen LogP contribution in [0, 0.1) is 0 Å². The number of guanidine groups is 1.